The monoisotopic (exact) mass is 700 g/mol. The van der Waals surface area contributed by atoms with Gasteiger partial charge in [-0.15, -0.1) is 0 Å². The number of methoxy groups -OCH3 is 2. The van der Waals surface area contributed by atoms with Gasteiger partial charge in [0.25, 0.3) is 11.8 Å². The fraction of sp³-hybridized carbons (Fsp3) is 0.200. The van der Waals surface area contributed by atoms with E-state index < -0.39 is 23.9 Å². The summed E-state index contributed by atoms with van der Waals surface area (Å²) >= 11 is 0. The van der Waals surface area contributed by atoms with Crippen LogP contribution in [0, 0.1) is 0 Å². The molecular formula is C40H40N6O6. The fourth-order valence-electron chi connectivity index (χ4n) is 5.50. The molecule has 2 N–H and O–H groups in total. The molecule has 4 aromatic carbocycles. The standard InChI is InChI=1S/C40H40N6O6/c1-45(29-15-19-31(51-3)20-16-29)39(49)35(23-27-11-7-5-8-12-27)43-37(47)33-25-34(42-26-41-33)38(48)44-36(24-28-13-9-6-10-14-28)40(50)46(2)30-17-21-32(52-4)22-18-30/h5-22,25-26,35-36H,23-24H2,1-4H3,(H,43,47)(H,44,48)/t35-,36-/m0/s1. The van der Waals surface area contributed by atoms with E-state index in [0.29, 0.717) is 22.9 Å². The van der Waals surface area contributed by atoms with E-state index >= 15 is 0 Å². The van der Waals surface area contributed by atoms with E-state index in [1.165, 1.54) is 15.9 Å². The molecule has 4 amide bonds. The number of nitrogens with one attached hydrogen (secondary N) is 2. The van der Waals surface area contributed by atoms with Crippen LogP contribution in [-0.2, 0) is 22.4 Å². The molecule has 52 heavy (non-hydrogen) atoms. The molecular weight excluding hydrogens is 660 g/mol. The second-order valence-corrected chi connectivity index (χ2v) is 11.9. The van der Waals surface area contributed by atoms with E-state index in [9.17, 15) is 19.2 Å². The molecule has 0 aliphatic heterocycles. The van der Waals surface area contributed by atoms with Crippen LogP contribution >= 0.6 is 0 Å². The Morgan fingerprint density at radius 2 is 0.942 bits per heavy atom. The summed E-state index contributed by atoms with van der Waals surface area (Å²) in [6, 6.07) is 31.9. The van der Waals surface area contributed by atoms with Crippen molar-refractivity contribution in [1.29, 1.82) is 0 Å². The zero-order valence-electron chi connectivity index (χ0n) is 29.4. The molecule has 0 saturated carbocycles. The molecule has 5 aromatic rings. The molecule has 1 aromatic heterocycles. The van der Waals surface area contributed by atoms with Gasteiger partial charge in [0.2, 0.25) is 11.8 Å². The lowest BCUT2D eigenvalue weighted by Gasteiger charge is -2.25. The number of benzene rings is 4. The van der Waals surface area contributed by atoms with Gasteiger partial charge in [-0.25, -0.2) is 9.97 Å². The lowest BCUT2D eigenvalue weighted by molar-refractivity contribution is -0.120. The number of hydrogen-bond donors (Lipinski definition) is 2. The smallest absolute Gasteiger partial charge is 0.270 e. The minimum absolute atomic E-state index is 0.126. The van der Waals surface area contributed by atoms with E-state index in [2.05, 4.69) is 20.6 Å². The third-order valence-corrected chi connectivity index (χ3v) is 8.49. The lowest BCUT2D eigenvalue weighted by atomic mass is 10.0. The number of aromatic nitrogens is 2. The van der Waals surface area contributed by atoms with Crippen LogP contribution in [0.1, 0.15) is 32.1 Å². The summed E-state index contributed by atoms with van der Waals surface area (Å²) in [5, 5.41) is 5.61. The topological polar surface area (TPSA) is 143 Å². The summed E-state index contributed by atoms with van der Waals surface area (Å²) < 4.78 is 10.5. The van der Waals surface area contributed by atoms with Crippen molar-refractivity contribution in [2.45, 2.75) is 24.9 Å². The Morgan fingerprint density at radius 1 is 0.577 bits per heavy atom. The molecule has 0 unspecified atom stereocenters. The van der Waals surface area contributed by atoms with Crippen LogP contribution in [0.4, 0.5) is 11.4 Å². The maximum absolute atomic E-state index is 13.8. The summed E-state index contributed by atoms with van der Waals surface area (Å²) in [5.41, 5.74) is 2.63. The molecule has 0 bridgehead atoms. The molecule has 0 fully saturated rings. The van der Waals surface area contributed by atoms with E-state index in [1.807, 2.05) is 60.7 Å². The molecule has 12 nitrogen and oxygen atoms in total. The number of likely N-dealkylation sites (N-methyl/N-ethyl adjacent to an activating group) is 2. The Balaban J connectivity index is 1.35. The molecule has 2 atom stereocenters. The lowest BCUT2D eigenvalue weighted by Crippen LogP contribution is -2.49. The van der Waals surface area contributed by atoms with Crippen LogP contribution in [0.5, 0.6) is 11.5 Å². The molecule has 1 heterocycles. The molecule has 0 aliphatic carbocycles. The Bertz CT molecular complexity index is 1830. The molecule has 266 valence electrons. The molecule has 0 radical (unpaired) electrons. The second-order valence-electron chi connectivity index (χ2n) is 11.9. The first-order valence-corrected chi connectivity index (χ1v) is 16.5. The average Bonchev–Trinajstić information content (AvgIpc) is 3.20. The zero-order chi connectivity index (χ0) is 37.0. The van der Waals surface area contributed by atoms with Gasteiger partial charge in [-0.1, -0.05) is 60.7 Å². The Labute approximate surface area is 302 Å². The van der Waals surface area contributed by atoms with Crippen LogP contribution in [0.15, 0.2) is 122 Å². The summed E-state index contributed by atoms with van der Waals surface area (Å²) in [7, 11) is 6.37. The van der Waals surface area contributed by atoms with Crippen molar-refractivity contribution in [2.75, 3.05) is 38.1 Å². The summed E-state index contributed by atoms with van der Waals surface area (Å²) in [4.78, 5) is 66.0. The minimum atomic E-state index is -0.976. The number of rotatable bonds is 14. The maximum atomic E-state index is 13.8. The van der Waals surface area contributed by atoms with Crippen LogP contribution in [0.3, 0.4) is 0 Å². The van der Waals surface area contributed by atoms with Gasteiger partial charge in [-0.3, -0.25) is 19.2 Å². The molecule has 5 rings (SSSR count). The van der Waals surface area contributed by atoms with Gasteiger partial charge < -0.3 is 29.9 Å². The van der Waals surface area contributed by atoms with Crippen molar-refractivity contribution in [3.8, 4) is 11.5 Å². The highest BCUT2D eigenvalue weighted by Gasteiger charge is 2.29. The number of hydrogen-bond acceptors (Lipinski definition) is 8. The van der Waals surface area contributed by atoms with Gasteiger partial charge >= 0.3 is 0 Å². The normalized spacial score (nSPS) is 11.8. The average molecular weight is 701 g/mol. The van der Waals surface area contributed by atoms with Crippen LogP contribution in [0.25, 0.3) is 0 Å². The summed E-state index contributed by atoms with van der Waals surface area (Å²) in [6.45, 7) is 0. The van der Waals surface area contributed by atoms with Crippen molar-refractivity contribution in [2.24, 2.45) is 0 Å². The van der Waals surface area contributed by atoms with Crippen molar-refractivity contribution in [1.82, 2.24) is 20.6 Å². The second kappa shape index (κ2) is 17.4. The molecule has 12 heteroatoms. The highest BCUT2D eigenvalue weighted by molar-refractivity contribution is 6.04. The van der Waals surface area contributed by atoms with Gasteiger partial charge in [0.15, 0.2) is 0 Å². The third kappa shape index (κ3) is 9.36. The summed E-state index contributed by atoms with van der Waals surface area (Å²) in [5.74, 6) is -0.796. The Kier molecular flexibility index (Phi) is 12.3. The highest BCUT2D eigenvalue weighted by Crippen LogP contribution is 2.21. The predicted molar refractivity (Wildman–Crippen MR) is 198 cm³/mol. The summed E-state index contributed by atoms with van der Waals surface area (Å²) in [6.07, 6.45) is 1.50. The minimum Gasteiger partial charge on any atom is -0.497 e. The van der Waals surface area contributed by atoms with Gasteiger partial charge in [-0.05, 0) is 59.7 Å². The number of carbonyl (C=O) groups is 4. The van der Waals surface area contributed by atoms with Crippen molar-refractivity contribution in [3.05, 3.63) is 144 Å². The van der Waals surface area contributed by atoms with Crippen LogP contribution in [-0.4, -0.2) is 74.0 Å². The van der Waals surface area contributed by atoms with Gasteiger partial charge in [-0.2, -0.15) is 0 Å². The quantitative estimate of drug-likeness (QED) is 0.173. The van der Waals surface area contributed by atoms with E-state index in [1.54, 1.807) is 76.8 Å². The molecule has 0 saturated heterocycles. The largest absolute Gasteiger partial charge is 0.497 e. The Morgan fingerprint density at radius 3 is 1.29 bits per heavy atom. The fourth-order valence-corrected chi connectivity index (χ4v) is 5.50. The van der Waals surface area contributed by atoms with E-state index in [0.717, 1.165) is 17.5 Å². The number of anilines is 2. The third-order valence-electron chi connectivity index (χ3n) is 8.49. The van der Waals surface area contributed by atoms with Gasteiger partial charge in [0, 0.05) is 44.4 Å². The SMILES string of the molecule is COc1ccc(N(C)C(=O)[C@H](Cc2ccccc2)NC(=O)c2cc(C(=O)N[C@@H](Cc3ccccc3)C(=O)N(C)c3ccc(OC)cc3)ncn2)cc1. The van der Waals surface area contributed by atoms with Crippen molar-refractivity contribution in [3.63, 3.8) is 0 Å². The molecule has 0 spiro atoms. The van der Waals surface area contributed by atoms with Gasteiger partial charge in [0.1, 0.15) is 41.3 Å². The predicted octanol–water partition coefficient (Wildman–Crippen LogP) is 4.50. The maximum Gasteiger partial charge on any atom is 0.270 e. The van der Waals surface area contributed by atoms with E-state index in [4.69, 9.17) is 9.47 Å². The number of carbonyl (C=O) groups excluding carboxylic acids is 4. The van der Waals surface area contributed by atoms with Crippen LogP contribution in [0.2, 0.25) is 0 Å². The zero-order valence-corrected chi connectivity index (χ0v) is 29.4. The first kappa shape index (κ1) is 36.7. The van der Waals surface area contributed by atoms with E-state index in [-0.39, 0.29) is 36.0 Å². The first-order chi connectivity index (χ1) is 25.2. The van der Waals surface area contributed by atoms with Crippen LogP contribution < -0.4 is 29.9 Å². The number of amides is 4. The number of nitrogens with zero attached hydrogens (tertiary/aromatic N) is 4. The van der Waals surface area contributed by atoms with Crippen molar-refractivity contribution >= 4 is 35.0 Å². The molecule has 0 aliphatic rings. The van der Waals surface area contributed by atoms with Crippen molar-refractivity contribution < 1.29 is 28.7 Å². The number of ether oxygens (including phenoxy) is 2. The first-order valence-electron chi connectivity index (χ1n) is 16.5. The Hall–Kier alpha value is -6.56. The van der Waals surface area contributed by atoms with Gasteiger partial charge in [0.05, 0.1) is 14.2 Å². The highest BCUT2D eigenvalue weighted by atomic mass is 16.5.